The van der Waals surface area contributed by atoms with Crippen LogP contribution in [0.25, 0.3) is 0 Å². The molecule has 0 amide bonds. The van der Waals surface area contributed by atoms with Gasteiger partial charge in [-0.05, 0) is 45.2 Å². The van der Waals surface area contributed by atoms with Gasteiger partial charge in [-0.1, -0.05) is 13.3 Å². The third-order valence-electron chi connectivity index (χ3n) is 5.13. The van der Waals surface area contributed by atoms with Gasteiger partial charge in [-0.15, -0.1) is 0 Å². The molecule has 2 fully saturated rings. The minimum atomic E-state index is 0.757. The molecule has 0 spiro atoms. The van der Waals surface area contributed by atoms with Crippen molar-refractivity contribution < 1.29 is 0 Å². The summed E-state index contributed by atoms with van der Waals surface area (Å²) in [4.78, 5) is 5.13. The van der Waals surface area contributed by atoms with Gasteiger partial charge in [0.2, 0.25) is 0 Å². The van der Waals surface area contributed by atoms with Crippen molar-refractivity contribution in [3.05, 3.63) is 0 Å². The number of likely N-dealkylation sites (N-methyl/N-ethyl adjacent to an activating group) is 1. The van der Waals surface area contributed by atoms with Gasteiger partial charge in [0, 0.05) is 38.8 Å². The number of piperazine rings is 1. The van der Waals surface area contributed by atoms with Crippen molar-refractivity contribution in [3.8, 4) is 0 Å². The number of hydrogen-bond acceptors (Lipinski definition) is 3. The van der Waals surface area contributed by atoms with Crippen LogP contribution < -0.4 is 5.32 Å². The SMILES string of the molecule is CCC1CCC(NC)C(CN2CCN(C)CC2)C1. The van der Waals surface area contributed by atoms with Gasteiger partial charge in [0.25, 0.3) is 0 Å². The standard InChI is InChI=1S/C15H31N3/c1-4-13-5-6-15(16-2)14(11-13)12-18-9-7-17(3)8-10-18/h13-16H,4-12H2,1-3H3. The second-order valence-corrected chi connectivity index (χ2v) is 6.35. The van der Waals surface area contributed by atoms with E-state index in [-0.39, 0.29) is 0 Å². The first-order valence-electron chi connectivity index (χ1n) is 7.81. The van der Waals surface area contributed by atoms with Crippen LogP contribution in [-0.4, -0.2) is 62.7 Å². The monoisotopic (exact) mass is 253 g/mol. The zero-order valence-corrected chi connectivity index (χ0v) is 12.5. The first-order chi connectivity index (χ1) is 8.72. The molecule has 18 heavy (non-hydrogen) atoms. The third-order valence-corrected chi connectivity index (χ3v) is 5.13. The Morgan fingerprint density at radius 2 is 1.83 bits per heavy atom. The molecular formula is C15H31N3. The summed E-state index contributed by atoms with van der Waals surface area (Å²) < 4.78 is 0. The van der Waals surface area contributed by atoms with Crippen LogP contribution >= 0.6 is 0 Å². The molecule has 1 saturated heterocycles. The summed E-state index contributed by atoms with van der Waals surface area (Å²) in [6.07, 6.45) is 5.62. The minimum Gasteiger partial charge on any atom is -0.317 e. The zero-order valence-electron chi connectivity index (χ0n) is 12.5. The molecule has 3 nitrogen and oxygen atoms in total. The molecule has 2 rings (SSSR count). The van der Waals surface area contributed by atoms with Crippen molar-refractivity contribution >= 4 is 0 Å². The van der Waals surface area contributed by atoms with Crippen molar-refractivity contribution in [2.45, 2.75) is 38.6 Å². The highest BCUT2D eigenvalue weighted by atomic mass is 15.2. The fraction of sp³-hybridized carbons (Fsp3) is 1.00. The van der Waals surface area contributed by atoms with Crippen LogP contribution in [0.3, 0.4) is 0 Å². The van der Waals surface area contributed by atoms with Crippen LogP contribution in [0, 0.1) is 11.8 Å². The summed E-state index contributed by atoms with van der Waals surface area (Å²) in [5, 5.41) is 3.56. The molecule has 0 aromatic heterocycles. The minimum absolute atomic E-state index is 0.757. The van der Waals surface area contributed by atoms with Gasteiger partial charge in [0.05, 0.1) is 0 Å². The van der Waals surface area contributed by atoms with Crippen molar-refractivity contribution in [2.24, 2.45) is 11.8 Å². The fourth-order valence-corrected chi connectivity index (χ4v) is 3.68. The zero-order chi connectivity index (χ0) is 13.0. The molecule has 106 valence electrons. The molecule has 1 N–H and O–H groups in total. The lowest BCUT2D eigenvalue weighted by molar-refractivity contribution is 0.100. The number of rotatable bonds is 4. The molecule has 2 aliphatic rings. The normalized spacial score (nSPS) is 35.8. The maximum atomic E-state index is 3.56. The van der Waals surface area contributed by atoms with Gasteiger partial charge in [-0.3, -0.25) is 0 Å². The Bertz CT molecular complexity index is 236. The molecule has 0 aromatic carbocycles. The van der Waals surface area contributed by atoms with E-state index in [1.54, 1.807) is 0 Å². The summed E-state index contributed by atoms with van der Waals surface area (Å²) in [7, 11) is 4.38. The van der Waals surface area contributed by atoms with E-state index in [1.165, 1.54) is 58.4 Å². The highest BCUT2D eigenvalue weighted by Crippen LogP contribution is 2.31. The first-order valence-corrected chi connectivity index (χ1v) is 7.81. The Kier molecular flexibility index (Phi) is 5.46. The Morgan fingerprint density at radius 3 is 2.44 bits per heavy atom. The van der Waals surface area contributed by atoms with Crippen molar-refractivity contribution in [2.75, 3.05) is 46.8 Å². The summed E-state index contributed by atoms with van der Waals surface area (Å²) >= 11 is 0. The van der Waals surface area contributed by atoms with Crippen LogP contribution in [-0.2, 0) is 0 Å². The van der Waals surface area contributed by atoms with Gasteiger partial charge in [0.1, 0.15) is 0 Å². The lowest BCUT2D eigenvalue weighted by Gasteiger charge is -2.41. The van der Waals surface area contributed by atoms with E-state index in [0.29, 0.717) is 0 Å². The highest BCUT2D eigenvalue weighted by Gasteiger charge is 2.30. The molecule has 3 atom stereocenters. The van der Waals surface area contributed by atoms with E-state index in [4.69, 9.17) is 0 Å². The number of hydrogen-bond donors (Lipinski definition) is 1. The predicted molar refractivity (Wildman–Crippen MR) is 77.9 cm³/mol. The second kappa shape index (κ2) is 6.88. The fourth-order valence-electron chi connectivity index (χ4n) is 3.68. The summed E-state index contributed by atoms with van der Waals surface area (Å²) in [5.41, 5.74) is 0. The Balaban J connectivity index is 1.84. The third kappa shape index (κ3) is 3.69. The molecule has 1 aliphatic carbocycles. The Labute approximate surface area is 113 Å². The van der Waals surface area contributed by atoms with Crippen LogP contribution in [0.4, 0.5) is 0 Å². The first kappa shape index (κ1) is 14.3. The molecule has 1 aliphatic heterocycles. The Hall–Kier alpha value is -0.120. The predicted octanol–water partition coefficient (Wildman–Crippen LogP) is 1.65. The molecular weight excluding hydrogens is 222 g/mol. The second-order valence-electron chi connectivity index (χ2n) is 6.35. The van der Waals surface area contributed by atoms with E-state index in [1.807, 2.05) is 0 Å². The smallest absolute Gasteiger partial charge is 0.0110 e. The lowest BCUT2D eigenvalue weighted by Crippen LogP contribution is -2.50. The van der Waals surface area contributed by atoms with Gasteiger partial charge in [-0.2, -0.15) is 0 Å². The number of nitrogens with zero attached hydrogens (tertiary/aromatic N) is 2. The summed E-state index contributed by atoms with van der Waals surface area (Å²) in [6, 6.07) is 0.757. The molecule has 0 radical (unpaired) electrons. The van der Waals surface area contributed by atoms with E-state index in [9.17, 15) is 0 Å². The largest absolute Gasteiger partial charge is 0.317 e. The maximum Gasteiger partial charge on any atom is 0.0110 e. The van der Waals surface area contributed by atoms with Gasteiger partial charge >= 0.3 is 0 Å². The van der Waals surface area contributed by atoms with Crippen molar-refractivity contribution in [1.29, 1.82) is 0 Å². The van der Waals surface area contributed by atoms with E-state index in [2.05, 4.69) is 36.1 Å². The highest BCUT2D eigenvalue weighted by molar-refractivity contribution is 4.86. The topological polar surface area (TPSA) is 18.5 Å². The van der Waals surface area contributed by atoms with Crippen LogP contribution in [0.1, 0.15) is 32.6 Å². The van der Waals surface area contributed by atoms with Crippen LogP contribution in [0.2, 0.25) is 0 Å². The van der Waals surface area contributed by atoms with Gasteiger partial charge in [-0.25, -0.2) is 0 Å². The summed E-state index contributed by atoms with van der Waals surface area (Å²) in [6.45, 7) is 8.69. The van der Waals surface area contributed by atoms with Crippen LogP contribution in [0.5, 0.6) is 0 Å². The molecule has 3 heteroatoms. The average Bonchev–Trinajstić information content (AvgIpc) is 2.41. The number of nitrogens with one attached hydrogen (secondary N) is 1. The maximum absolute atomic E-state index is 3.56. The van der Waals surface area contributed by atoms with Crippen LogP contribution in [0.15, 0.2) is 0 Å². The summed E-state index contributed by atoms with van der Waals surface area (Å²) in [5.74, 6) is 1.85. The molecule has 1 saturated carbocycles. The van der Waals surface area contributed by atoms with Crippen molar-refractivity contribution in [1.82, 2.24) is 15.1 Å². The quantitative estimate of drug-likeness (QED) is 0.822. The molecule has 0 bridgehead atoms. The molecule has 3 unspecified atom stereocenters. The van der Waals surface area contributed by atoms with Gasteiger partial charge in [0.15, 0.2) is 0 Å². The van der Waals surface area contributed by atoms with E-state index < -0.39 is 0 Å². The lowest BCUT2D eigenvalue weighted by atomic mass is 9.76. The van der Waals surface area contributed by atoms with Gasteiger partial charge < -0.3 is 15.1 Å². The van der Waals surface area contributed by atoms with E-state index >= 15 is 0 Å². The average molecular weight is 253 g/mol. The molecule has 0 aromatic rings. The van der Waals surface area contributed by atoms with Crippen molar-refractivity contribution in [3.63, 3.8) is 0 Å². The Morgan fingerprint density at radius 1 is 1.11 bits per heavy atom. The molecule has 1 heterocycles. The van der Waals surface area contributed by atoms with E-state index in [0.717, 1.165) is 17.9 Å².